The summed E-state index contributed by atoms with van der Waals surface area (Å²) >= 11 is 0. The highest BCUT2D eigenvalue weighted by Crippen LogP contribution is 2.29. The zero-order chi connectivity index (χ0) is 17.5. The van der Waals surface area contributed by atoms with Gasteiger partial charge in [0, 0.05) is 13.0 Å². The van der Waals surface area contributed by atoms with Crippen LogP contribution in [0.4, 0.5) is 32.0 Å². The molecule has 0 radical (unpaired) electrons. The molecular weight excluding hydrogens is 455 g/mol. The molecule has 0 aliphatic heterocycles. The van der Waals surface area contributed by atoms with Crippen molar-refractivity contribution in [1.82, 2.24) is 0 Å². The van der Waals surface area contributed by atoms with Crippen LogP contribution >= 0.6 is 24.0 Å². The molecule has 0 aromatic heterocycles. The van der Waals surface area contributed by atoms with Crippen LogP contribution in [0.3, 0.4) is 0 Å². The van der Waals surface area contributed by atoms with Gasteiger partial charge in [0.1, 0.15) is 0 Å². The molecule has 24 heavy (non-hydrogen) atoms. The fourth-order valence-corrected chi connectivity index (χ4v) is 1.60. The second-order valence-corrected chi connectivity index (χ2v) is 4.51. The summed E-state index contributed by atoms with van der Waals surface area (Å²) in [6.07, 6.45) is -9.95. The third-order valence-electron chi connectivity index (χ3n) is 2.53. The van der Waals surface area contributed by atoms with E-state index < -0.39 is 24.7 Å². The third kappa shape index (κ3) is 10.4. The Labute approximate surface area is 151 Å². The topological polar surface area (TPSA) is 59.6 Å². The monoisotopic (exact) mass is 471 g/mol. The van der Waals surface area contributed by atoms with E-state index in [9.17, 15) is 26.3 Å². The number of unbranched alkanes of at least 4 members (excludes halogenated alkanes) is 1. The molecule has 11 heteroatoms. The molecule has 1 aromatic carbocycles. The molecule has 0 saturated heterocycles. The number of nitrogens with zero attached hydrogens (tertiary/aromatic N) is 1. The van der Waals surface area contributed by atoms with E-state index in [1.807, 2.05) is 0 Å². The van der Waals surface area contributed by atoms with E-state index in [-0.39, 0.29) is 55.0 Å². The standard InChI is InChI=1S/C13H15F6N3O.HI/c14-12(15,16)7-3-4-8-21-11(20)22-9-5-1-2-6-10(9)23-13(17,18)19;/h1-2,5-6H,3-4,7-8H2,(H3,20,21,22);1H. The van der Waals surface area contributed by atoms with Gasteiger partial charge in [-0.1, -0.05) is 12.1 Å². The van der Waals surface area contributed by atoms with E-state index in [4.69, 9.17) is 5.73 Å². The number of benzene rings is 1. The Balaban J connectivity index is 0.00000529. The Bertz CT molecular complexity index is 533. The minimum atomic E-state index is -4.86. The van der Waals surface area contributed by atoms with E-state index in [0.29, 0.717) is 0 Å². The molecule has 0 unspecified atom stereocenters. The van der Waals surface area contributed by atoms with Crippen LogP contribution in [0.2, 0.25) is 0 Å². The molecule has 0 atom stereocenters. The molecule has 0 fully saturated rings. The number of nitrogens with two attached hydrogens (primary N) is 1. The lowest BCUT2D eigenvalue weighted by atomic mass is 10.2. The SMILES string of the molecule is I.NC(=NCCCCC(F)(F)F)Nc1ccccc1OC(F)(F)F. The van der Waals surface area contributed by atoms with Gasteiger partial charge in [-0.3, -0.25) is 4.99 Å². The highest BCUT2D eigenvalue weighted by atomic mass is 127. The van der Waals surface area contributed by atoms with Gasteiger partial charge in [0.25, 0.3) is 0 Å². The number of aliphatic imine (C=N–C) groups is 1. The summed E-state index contributed by atoms with van der Waals surface area (Å²) in [5, 5.41) is 2.42. The van der Waals surface area contributed by atoms with Crippen molar-refractivity contribution in [3.63, 3.8) is 0 Å². The molecule has 1 rings (SSSR count). The van der Waals surface area contributed by atoms with Crippen molar-refractivity contribution in [2.45, 2.75) is 31.8 Å². The summed E-state index contributed by atoms with van der Waals surface area (Å²) in [7, 11) is 0. The molecular formula is C13H16F6IN3O. The van der Waals surface area contributed by atoms with Crippen molar-refractivity contribution < 1.29 is 31.1 Å². The minimum absolute atomic E-state index is 0. The number of anilines is 1. The summed E-state index contributed by atoms with van der Waals surface area (Å²) in [5.74, 6) is -0.703. The van der Waals surface area contributed by atoms with Gasteiger partial charge in [-0.05, 0) is 25.0 Å². The third-order valence-corrected chi connectivity index (χ3v) is 2.53. The van der Waals surface area contributed by atoms with Crippen molar-refractivity contribution in [3.8, 4) is 5.75 Å². The van der Waals surface area contributed by atoms with Gasteiger partial charge in [-0.2, -0.15) is 13.2 Å². The van der Waals surface area contributed by atoms with E-state index in [2.05, 4.69) is 15.0 Å². The number of halogens is 7. The van der Waals surface area contributed by atoms with E-state index in [0.717, 1.165) is 6.07 Å². The molecule has 0 aliphatic rings. The Hall–Kier alpha value is -1.40. The maximum absolute atomic E-state index is 12.2. The van der Waals surface area contributed by atoms with E-state index in [1.54, 1.807) is 0 Å². The van der Waals surface area contributed by atoms with Gasteiger partial charge in [0.2, 0.25) is 0 Å². The summed E-state index contributed by atoms with van der Waals surface area (Å²) in [5.41, 5.74) is 5.43. The second-order valence-electron chi connectivity index (χ2n) is 4.51. The van der Waals surface area contributed by atoms with E-state index >= 15 is 0 Å². The predicted octanol–water partition coefficient (Wildman–Crippen LogP) is 4.66. The lowest BCUT2D eigenvalue weighted by Gasteiger charge is -2.14. The van der Waals surface area contributed by atoms with Gasteiger partial charge in [0.15, 0.2) is 11.7 Å². The molecule has 138 valence electrons. The van der Waals surface area contributed by atoms with Gasteiger partial charge in [-0.15, -0.1) is 37.1 Å². The zero-order valence-corrected chi connectivity index (χ0v) is 14.6. The van der Waals surface area contributed by atoms with Crippen LogP contribution in [0.1, 0.15) is 19.3 Å². The first kappa shape index (κ1) is 22.6. The van der Waals surface area contributed by atoms with Crippen molar-refractivity contribution >= 4 is 35.6 Å². The number of guanidine groups is 1. The molecule has 0 aliphatic carbocycles. The Morgan fingerprint density at radius 2 is 1.71 bits per heavy atom. The van der Waals surface area contributed by atoms with Crippen LogP contribution in [0.15, 0.2) is 29.3 Å². The molecule has 0 saturated carbocycles. The van der Waals surface area contributed by atoms with Crippen LogP contribution in [-0.2, 0) is 0 Å². The summed E-state index contributed by atoms with van der Waals surface area (Å²) in [4.78, 5) is 3.76. The number of hydrogen-bond acceptors (Lipinski definition) is 2. The summed E-state index contributed by atoms with van der Waals surface area (Å²) < 4.78 is 76.3. The van der Waals surface area contributed by atoms with Crippen LogP contribution in [0.25, 0.3) is 0 Å². The zero-order valence-electron chi connectivity index (χ0n) is 12.2. The normalized spacial score (nSPS) is 12.5. The molecule has 3 N–H and O–H groups in total. The Morgan fingerprint density at radius 1 is 1.08 bits per heavy atom. The lowest BCUT2D eigenvalue weighted by molar-refractivity contribution is -0.274. The highest BCUT2D eigenvalue weighted by Gasteiger charge is 2.32. The van der Waals surface area contributed by atoms with Crippen LogP contribution in [-0.4, -0.2) is 25.0 Å². The van der Waals surface area contributed by atoms with Gasteiger partial charge in [0.05, 0.1) is 5.69 Å². The fraction of sp³-hybridized carbons (Fsp3) is 0.462. The van der Waals surface area contributed by atoms with Crippen molar-refractivity contribution in [1.29, 1.82) is 0 Å². The predicted molar refractivity (Wildman–Crippen MR) is 88.6 cm³/mol. The fourth-order valence-electron chi connectivity index (χ4n) is 1.60. The quantitative estimate of drug-likeness (QED) is 0.209. The maximum atomic E-state index is 12.2. The smallest absolute Gasteiger partial charge is 0.404 e. The summed E-state index contributed by atoms with van der Waals surface area (Å²) in [6.45, 7) is 0.0250. The van der Waals surface area contributed by atoms with Crippen molar-refractivity contribution in [3.05, 3.63) is 24.3 Å². The molecule has 0 heterocycles. The number of alkyl halides is 6. The number of nitrogens with one attached hydrogen (secondary N) is 1. The van der Waals surface area contributed by atoms with Gasteiger partial charge >= 0.3 is 12.5 Å². The number of rotatable bonds is 6. The average molecular weight is 471 g/mol. The number of para-hydroxylation sites is 2. The van der Waals surface area contributed by atoms with Crippen molar-refractivity contribution in [2.75, 3.05) is 11.9 Å². The maximum Gasteiger partial charge on any atom is 0.573 e. The molecule has 1 aromatic rings. The molecule has 0 spiro atoms. The van der Waals surface area contributed by atoms with Crippen molar-refractivity contribution in [2.24, 2.45) is 10.7 Å². The first-order valence-corrected chi connectivity index (χ1v) is 6.55. The number of hydrogen-bond donors (Lipinski definition) is 2. The first-order valence-electron chi connectivity index (χ1n) is 6.55. The summed E-state index contributed by atoms with van der Waals surface area (Å²) in [6, 6.07) is 5.19. The second kappa shape index (κ2) is 9.79. The lowest BCUT2D eigenvalue weighted by Crippen LogP contribution is -2.24. The average Bonchev–Trinajstić information content (AvgIpc) is 2.37. The molecule has 0 bridgehead atoms. The van der Waals surface area contributed by atoms with Crippen LogP contribution in [0, 0.1) is 0 Å². The van der Waals surface area contributed by atoms with Crippen LogP contribution < -0.4 is 15.8 Å². The number of ether oxygens (including phenoxy) is 1. The first-order chi connectivity index (χ1) is 10.6. The molecule has 4 nitrogen and oxygen atoms in total. The largest absolute Gasteiger partial charge is 0.573 e. The molecule has 0 amide bonds. The van der Waals surface area contributed by atoms with E-state index in [1.165, 1.54) is 18.2 Å². The van der Waals surface area contributed by atoms with Crippen LogP contribution in [0.5, 0.6) is 5.75 Å². The Morgan fingerprint density at radius 3 is 2.29 bits per heavy atom. The minimum Gasteiger partial charge on any atom is -0.404 e. The van der Waals surface area contributed by atoms with Gasteiger partial charge in [-0.25, -0.2) is 0 Å². The highest BCUT2D eigenvalue weighted by molar-refractivity contribution is 14.0. The Kier molecular flexibility index (Phi) is 9.22. The van der Waals surface area contributed by atoms with Gasteiger partial charge < -0.3 is 15.8 Å².